The Bertz CT molecular complexity index is 549. The average molecular weight is 335 g/mol. The quantitative estimate of drug-likeness (QED) is 0.847. The number of morpholine rings is 1. The van der Waals surface area contributed by atoms with E-state index in [-0.39, 0.29) is 18.1 Å². The van der Waals surface area contributed by atoms with Gasteiger partial charge in [-0.3, -0.25) is 9.69 Å². The van der Waals surface area contributed by atoms with Crippen LogP contribution in [0.2, 0.25) is 0 Å². The maximum Gasteiger partial charge on any atom is 0.225 e. The fourth-order valence-electron chi connectivity index (χ4n) is 3.91. The second-order valence-electron chi connectivity index (χ2n) is 7.35. The molecule has 1 amide bonds. The van der Waals surface area contributed by atoms with E-state index >= 15 is 0 Å². The molecule has 0 radical (unpaired) electrons. The first-order valence-electron chi connectivity index (χ1n) is 9.02. The molecule has 0 saturated carbocycles. The van der Waals surface area contributed by atoms with E-state index in [2.05, 4.69) is 10.1 Å². The van der Waals surface area contributed by atoms with E-state index in [1.807, 2.05) is 32.6 Å². The monoisotopic (exact) mass is 335 g/mol. The van der Waals surface area contributed by atoms with Crippen LogP contribution in [0.1, 0.15) is 43.7 Å². The standard InChI is InChI=1S/C18H29N3O3/c1-12-9-21(10-13(2)23-12)18(22)16-5-7-20(8-6-16)11-17-14(3)19-24-15(17)4/h12-13,16H,5-11H2,1-4H3. The highest BCUT2D eigenvalue weighted by molar-refractivity contribution is 5.79. The molecule has 0 bridgehead atoms. The number of ether oxygens (including phenoxy) is 1. The summed E-state index contributed by atoms with van der Waals surface area (Å²) in [6.07, 6.45) is 2.14. The van der Waals surface area contributed by atoms with Crippen LogP contribution in [0.4, 0.5) is 0 Å². The maximum atomic E-state index is 12.8. The fraction of sp³-hybridized carbons (Fsp3) is 0.778. The van der Waals surface area contributed by atoms with Crippen molar-refractivity contribution in [1.29, 1.82) is 0 Å². The van der Waals surface area contributed by atoms with Crippen LogP contribution in [0.3, 0.4) is 0 Å². The SMILES string of the molecule is Cc1noc(C)c1CN1CCC(C(=O)N2CC(C)OC(C)C2)CC1. The molecule has 3 heterocycles. The second kappa shape index (κ2) is 7.23. The summed E-state index contributed by atoms with van der Waals surface area (Å²) in [4.78, 5) is 17.2. The number of amides is 1. The minimum atomic E-state index is 0.136. The highest BCUT2D eigenvalue weighted by atomic mass is 16.5. The fourth-order valence-corrected chi connectivity index (χ4v) is 3.91. The molecular formula is C18H29N3O3. The van der Waals surface area contributed by atoms with Gasteiger partial charge in [0.25, 0.3) is 0 Å². The molecule has 0 spiro atoms. The predicted octanol–water partition coefficient (Wildman–Crippen LogP) is 2.14. The van der Waals surface area contributed by atoms with Gasteiger partial charge in [0.15, 0.2) is 0 Å². The van der Waals surface area contributed by atoms with Crippen molar-refractivity contribution >= 4 is 5.91 Å². The number of nitrogens with zero attached hydrogens (tertiary/aromatic N) is 3. The first kappa shape index (κ1) is 17.4. The van der Waals surface area contributed by atoms with Crippen molar-refractivity contribution in [2.75, 3.05) is 26.2 Å². The van der Waals surface area contributed by atoms with Crippen molar-refractivity contribution in [3.8, 4) is 0 Å². The van der Waals surface area contributed by atoms with Gasteiger partial charge < -0.3 is 14.2 Å². The zero-order valence-electron chi connectivity index (χ0n) is 15.2. The highest BCUT2D eigenvalue weighted by Gasteiger charge is 2.32. The molecule has 2 aliphatic rings. The lowest BCUT2D eigenvalue weighted by Gasteiger charge is -2.39. The zero-order valence-corrected chi connectivity index (χ0v) is 15.2. The zero-order chi connectivity index (χ0) is 17.3. The average Bonchev–Trinajstić information content (AvgIpc) is 2.86. The number of rotatable bonds is 3. The van der Waals surface area contributed by atoms with E-state index in [1.165, 1.54) is 5.56 Å². The van der Waals surface area contributed by atoms with Gasteiger partial charge in [0.05, 0.1) is 17.9 Å². The molecule has 2 atom stereocenters. The number of carbonyl (C=O) groups excluding carboxylic acids is 1. The number of aryl methyl sites for hydroxylation is 2. The van der Waals surface area contributed by atoms with Crippen LogP contribution in [-0.4, -0.2) is 59.3 Å². The van der Waals surface area contributed by atoms with Crippen molar-refractivity contribution in [3.63, 3.8) is 0 Å². The Morgan fingerprint density at radius 1 is 1.17 bits per heavy atom. The van der Waals surface area contributed by atoms with E-state index < -0.39 is 0 Å². The lowest BCUT2D eigenvalue weighted by atomic mass is 9.94. The number of aromatic nitrogens is 1. The minimum Gasteiger partial charge on any atom is -0.372 e. The molecule has 0 aromatic carbocycles. The molecule has 6 nitrogen and oxygen atoms in total. The largest absolute Gasteiger partial charge is 0.372 e. The highest BCUT2D eigenvalue weighted by Crippen LogP contribution is 2.24. The first-order chi connectivity index (χ1) is 11.4. The van der Waals surface area contributed by atoms with Crippen LogP contribution in [0, 0.1) is 19.8 Å². The lowest BCUT2D eigenvalue weighted by molar-refractivity contribution is -0.148. The molecule has 24 heavy (non-hydrogen) atoms. The van der Waals surface area contributed by atoms with Gasteiger partial charge in [-0.05, 0) is 53.6 Å². The molecule has 134 valence electrons. The van der Waals surface area contributed by atoms with Crippen molar-refractivity contribution in [2.45, 2.75) is 59.3 Å². The van der Waals surface area contributed by atoms with E-state index in [9.17, 15) is 4.79 Å². The van der Waals surface area contributed by atoms with Crippen LogP contribution in [0.25, 0.3) is 0 Å². The number of piperidine rings is 1. The van der Waals surface area contributed by atoms with Gasteiger partial charge in [0.1, 0.15) is 5.76 Å². The molecule has 2 fully saturated rings. The Kier molecular flexibility index (Phi) is 5.25. The predicted molar refractivity (Wildman–Crippen MR) is 90.6 cm³/mol. The van der Waals surface area contributed by atoms with Crippen LogP contribution >= 0.6 is 0 Å². The molecule has 2 aliphatic heterocycles. The molecule has 0 N–H and O–H groups in total. The van der Waals surface area contributed by atoms with Crippen LogP contribution in [0.15, 0.2) is 4.52 Å². The summed E-state index contributed by atoms with van der Waals surface area (Å²) in [6.45, 7) is 12.3. The molecule has 2 saturated heterocycles. The van der Waals surface area contributed by atoms with Crippen molar-refractivity contribution in [1.82, 2.24) is 15.0 Å². The normalized spacial score (nSPS) is 26.8. The van der Waals surface area contributed by atoms with Crippen molar-refractivity contribution < 1.29 is 14.1 Å². The molecular weight excluding hydrogens is 306 g/mol. The van der Waals surface area contributed by atoms with Gasteiger partial charge in [-0.1, -0.05) is 5.16 Å². The summed E-state index contributed by atoms with van der Waals surface area (Å²) in [5, 5.41) is 4.03. The molecule has 2 unspecified atom stereocenters. The number of likely N-dealkylation sites (tertiary alicyclic amines) is 1. The summed E-state index contributed by atoms with van der Waals surface area (Å²) < 4.78 is 11.0. The second-order valence-corrected chi connectivity index (χ2v) is 7.35. The van der Waals surface area contributed by atoms with E-state index in [4.69, 9.17) is 9.26 Å². The smallest absolute Gasteiger partial charge is 0.225 e. The van der Waals surface area contributed by atoms with Gasteiger partial charge in [-0.25, -0.2) is 0 Å². The third kappa shape index (κ3) is 3.81. The van der Waals surface area contributed by atoms with Crippen LogP contribution in [-0.2, 0) is 16.1 Å². The van der Waals surface area contributed by atoms with Gasteiger partial charge in [-0.2, -0.15) is 0 Å². The Balaban J connectivity index is 1.52. The van der Waals surface area contributed by atoms with Crippen LogP contribution in [0.5, 0.6) is 0 Å². The van der Waals surface area contributed by atoms with E-state index in [1.54, 1.807) is 0 Å². The summed E-state index contributed by atoms with van der Waals surface area (Å²) in [6, 6.07) is 0. The molecule has 1 aromatic heterocycles. The van der Waals surface area contributed by atoms with Gasteiger partial charge >= 0.3 is 0 Å². The van der Waals surface area contributed by atoms with Gasteiger partial charge in [-0.15, -0.1) is 0 Å². The molecule has 6 heteroatoms. The molecule has 3 rings (SSSR count). The first-order valence-corrected chi connectivity index (χ1v) is 9.02. The number of hydrogen-bond acceptors (Lipinski definition) is 5. The van der Waals surface area contributed by atoms with Gasteiger partial charge in [0.2, 0.25) is 5.91 Å². The topological polar surface area (TPSA) is 58.8 Å². The minimum absolute atomic E-state index is 0.136. The van der Waals surface area contributed by atoms with E-state index in [0.29, 0.717) is 5.91 Å². The maximum absolute atomic E-state index is 12.8. The molecule has 0 aliphatic carbocycles. The Labute approximate surface area is 144 Å². The summed E-state index contributed by atoms with van der Waals surface area (Å²) in [5.41, 5.74) is 2.16. The van der Waals surface area contributed by atoms with Crippen molar-refractivity contribution in [2.24, 2.45) is 5.92 Å². The van der Waals surface area contributed by atoms with Crippen molar-refractivity contribution in [3.05, 3.63) is 17.0 Å². The Morgan fingerprint density at radius 2 is 1.79 bits per heavy atom. The lowest BCUT2D eigenvalue weighted by Crippen LogP contribution is -2.51. The third-order valence-electron chi connectivity index (χ3n) is 5.23. The summed E-state index contributed by atoms with van der Waals surface area (Å²) in [5.74, 6) is 1.37. The van der Waals surface area contributed by atoms with Gasteiger partial charge in [0, 0.05) is 31.1 Å². The number of carbonyl (C=O) groups is 1. The molecule has 1 aromatic rings. The summed E-state index contributed by atoms with van der Waals surface area (Å²) >= 11 is 0. The van der Waals surface area contributed by atoms with Crippen LogP contribution < -0.4 is 0 Å². The Morgan fingerprint density at radius 3 is 2.33 bits per heavy atom. The van der Waals surface area contributed by atoms with E-state index in [0.717, 1.165) is 57.0 Å². The number of hydrogen-bond donors (Lipinski definition) is 0. The Hall–Kier alpha value is -1.40. The summed E-state index contributed by atoms with van der Waals surface area (Å²) in [7, 11) is 0. The third-order valence-corrected chi connectivity index (χ3v) is 5.23.